The number of urea groups is 1. The third-order valence-electron chi connectivity index (χ3n) is 2.93. The second kappa shape index (κ2) is 7.75. The van der Waals surface area contributed by atoms with E-state index >= 15 is 0 Å². The van der Waals surface area contributed by atoms with Crippen molar-refractivity contribution in [1.82, 2.24) is 6.23 Å². The Morgan fingerprint density at radius 2 is 1.65 bits per heavy atom. The first-order valence-electron chi connectivity index (χ1n) is 6.08. The maximum absolute atomic E-state index is 11.7. The van der Waals surface area contributed by atoms with Gasteiger partial charge in [0, 0.05) is 0 Å². The van der Waals surface area contributed by atoms with Gasteiger partial charge in [0.05, 0.1) is 45.7 Å². The monoisotopic (exact) mass is 464 g/mol. The van der Waals surface area contributed by atoms with E-state index in [2.05, 4.69) is 6.92 Å². The molecule has 0 aliphatic carbocycles. The maximum atomic E-state index is 11.7. The van der Waals surface area contributed by atoms with E-state index in [4.69, 9.17) is 0 Å². The largest absolute Gasteiger partial charge is 0.345 e. The molecule has 1 fully saturated rings. The number of rotatable bonds is 7. The number of unbranched alkanes of at least 4 members (excludes halogenated alkanes) is 5. The molecule has 4 nitrogen and oxygen atoms in total. The topological polar surface area (TPSA) is 40.6 Å². The highest BCUT2D eigenvalue weighted by atomic mass is 127. The van der Waals surface area contributed by atoms with E-state index in [1.165, 1.54) is 31.9 Å². The quantitative estimate of drug-likeness (QED) is 0.247. The van der Waals surface area contributed by atoms with Gasteiger partial charge in [-0.05, 0) is 6.42 Å². The summed E-state index contributed by atoms with van der Waals surface area (Å²) in [6, 6.07) is -0.446. The molecule has 1 aliphatic rings. The van der Waals surface area contributed by atoms with Crippen molar-refractivity contribution in [1.29, 1.82) is 0 Å². The zero-order chi connectivity index (χ0) is 12.8. The Kier molecular flexibility index (Phi) is 7.05. The Hall–Kier alpha value is 0.400. The van der Waals surface area contributed by atoms with Crippen molar-refractivity contribution >= 4 is 57.7 Å². The number of amides is 3. The van der Waals surface area contributed by atoms with Gasteiger partial charge >= 0.3 is 6.03 Å². The fourth-order valence-electron chi connectivity index (χ4n) is 1.89. The maximum Gasteiger partial charge on any atom is 0.345 e. The standard InChI is InChI=1S/C11H18I2N2O2/c1-2-3-4-5-6-7-8-9-10(16)15(13)11(17)14(9)12/h9H,2-8H2,1H3. The van der Waals surface area contributed by atoms with Crippen LogP contribution in [0.1, 0.15) is 51.9 Å². The normalized spacial score (nSPS) is 20.5. The minimum absolute atomic E-state index is 0.0708. The van der Waals surface area contributed by atoms with E-state index in [0.29, 0.717) is 0 Å². The van der Waals surface area contributed by atoms with Crippen LogP contribution < -0.4 is 0 Å². The van der Waals surface area contributed by atoms with Crippen molar-refractivity contribution in [2.24, 2.45) is 0 Å². The number of carbonyl (C=O) groups is 2. The summed E-state index contributed by atoms with van der Waals surface area (Å²) in [4.78, 5) is 23.3. The Morgan fingerprint density at radius 3 is 2.18 bits per heavy atom. The predicted octanol–water partition coefficient (Wildman–Crippen LogP) is 4.07. The summed E-state index contributed by atoms with van der Waals surface area (Å²) in [6.45, 7) is 2.20. The number of hydrogen-bond donors (Lipinski definition) is 0. The van der Waals surface area contributed by atoms with Crippen LogP contribution in [-0.4, -0.2) is 24.2 Å². The van der Waals surface area contributed by atoms with Crippen LogP contribution in [0.4, 0.5) is 4.79 Å². The first kappa shape index (κ1) is 15.5. The van der Waals surface area contributed by atoms with E-state index in [0.717, 1.165) is 19.3 Å². The minimum atomic E-state index is -0.244. The Labute approximate surface area is 130 Å². The van der Waals surface area contributed by atoms with Gasteiger partial charge in [-0.2, -0.15) is 3.11 Å². The fourth-order valence-corrected chi connectivity index (χ4v) is 3.59. The van der Waals surface area contributed by atoms with Crippen LogP contribution in [0.2, 0.25) is 0 Å². The summed E-state index contributed by atoms with van der Waals surface area (Å²) >= 11 is 3.72. The molecular weight excluding hydrogens is 446 g/mol. The molecule has 0 saturated carbocycles. The van der Waals surface area contributed by atoms with Crippen LogP contribution in [-0.2, 0) is 4.79 Å². The van der Waals surface area contributed by atoms with Crippen molar-refractivity contribution in [2.45, 2.75) is 57.9 Å². The Bertz CT molecular complexity index is 287. The molecule has 0 N–H and O–H groups in total. The molecule has 1 aliphatic heterocycles. The lowest BCUT2D eigenvalue weighted by atomic mass is 10.1. The Morgan fingerprint density at radius 1 is 1.06 bits per heavy atom. The lowest BCUT2D eigenvalue weighted by Crippen LogP contribution is -2.26. The molecule has 98 valence electrons. The van der Waals surface area contributed by atoms with Crippen molar-refractivity contribution < 1.29 is 9.59 Å². The summed E-state index contributed by atoms with van der Waals surface area (Å²) in [5.74, 6) is -0.0708. The average molecular weight is 464 g/mol. The zero-order valence-electron chi connectivity index (χ0n) is 9.99. The molecule has 1 heterocycles. The SMILES string of the molecule is CCCCCCCCC1C(=O)N(I)C(=O)N1I. The highest BCUT2D eigenvalue weighted by molar-refractivity contribution is 14.1. The fraction of sp³-hybridized carbons (Fsp3) is 0.818. The van der Waals surface area contributed by atoms with Gasteiger partial charge in [0.1, 0.15) is 6.04 Å². The van der Waals surface area contributed by atoms with E-state index < -0.39 is 0 Å². The van der Waals surface area contributed by atoms with Gasteiger partial charge in [-0.3, -0.25) is 7.91 Å². The van der Waals surface area contributed by atoms with Crippen molar-refractivity contribution in [3.8, 4) is 0 Å². The second-order valence-electron chi connectivity index (χ2n) is 4.29. The van der Waals surface area contributed by atoms with Crippen molar-refractivity contribution in [3.63, 3.8) is 0 Å². The van der Waals surface area contributed by atoms with Crippen LogP contribution >= 0.6 is 45.7 Å². The summed E-state index contributed by atoms with van der Waals surface area (Å²) in [5.41, 5.74) is 0. The van der Waals surface area contributed by atoms with E-state index in [1.807, 2.05) is 22.9 Å². The smallest absolute Gasteiger partial charge is 0.271 e. The van der Waals surface area contributed by atoms with E-state index in [1.54, 1.807) is 22.9 Å². The summed E-state index contributed by atoms with van der Waals surface area (Å²) < 4.78 is 2.71. The van der Waals surface area contributed by atoms with Gasteiger partial charge in [0.2, 0.25) is 0 Å². The molecule has 1 saturated heterocycles. The summed E-state index contributed by atoms with van der Waals surface area (Å²) in [6.07, 6.45) is 8.03. The van der Waals surface area contributed by atoms with Gasteiger partial charge in [-0.1, -0.05) is 45.4 Å². The van der Waals surface area contributed by atoms with Crippen LogP contribution in [0.5, 0.6) is 0 Å². The lowest BCUT2D eigenvalue weighted by Gasteiger charge is -2.13. The zero-order valence-corrected chi connectivity index (χ0v) is 14.3. The van der Waals surface area contributed by atoms with E-state index in [-0.39, 0.29) is 18.0 Å². The van der Waals surface area contributed by atoms with Crippen molar-refractivity contribution in [2.75, 3.05) is 0 Å². The molecule has 0 bridgehead atoms. The second-order valence-corrected chi connectivity index (χ2v) is 6.29. The van der Waals surface area contributed by atoms with Gasteiger partial charge in [0.15, 0.2) is 0 Å². The third kappa shape index (κ3) is 4.22. The highest BCUT2D eigenvalue weighted by Crippen LogP contribution is 2.28. The average Bonchev–Trinajstić information content (AvgIpc) is 2.50. The number of nitrogens with zero attached hydrogens (tertiary/aromatic N) is 2. The molecule has 1 rings (SSSR count). The van der Waals surface area contributed by atoms with Gasteiger partial charge in [0.25, 0.3) is 5.91 Å². The molecule has 0 aromatic heterocycles. The first-order valence-corrected chi connectivity index (χ1v) is 8.01. The van der Waals surface area contributed by atoms with Crippen LogP contribution in [0.15, 0.2) is 0 Å². The molecule has 1 atom stereocenters. The molecule has 0 spiro atoms. The van der Waals surface area contributed by atoms with Crippen LogP contribution in [0.3, 0.4) is 0 Å². The molecule has 1 unspecified atom stereocenters. The number of halogens is 2. The molecule has 6 heteroatoms. The molecule has 3 amide bonds. The molecule has 0 radical (unpaired) electrons. The van der Waals surface area contributed by atoms with Gasteiger partial charge in [-0.25, -0.2) is 4.79 Å². The minimum Gasteiger partial charge on any atom is -0.271 e. The predicted molar refractivity (Wildman–Crippen MR) is 83.9 cm³/mol. The van der Waals surface area contributed by atoms with Gasteiger partial charge < -0.3 is 0 Å². The number of carbonyl (C=O) groups excluding carboxylic acids is 2. The summed E-state index contributed by atoms with van der Waals surface area (Å²) in [7, 11) is 0. The molecule has 17 heavy (non-hydrogen) atoms. The highest BCUT2D eigenvalue weighted by Gasteiger charge is 2.42. The third-order valence-corrected chi connectivity index (χ3v) is 4.91. The molecule has 0 aromatic carbocycles. The van der Waals surface area contributed by atoms with Gasteiger partial charge in [-0.15, -0.1) is 0 Å². The Balaban J connectivity index is 2.23. The van der Waals surface area contributed by atoms with E-state index in [9.17, 15) is 9.59 Å². The van der Waals surface area contributed by atoms with Crippen LogP contribution in [0, 0.1) is 0 Å². The molecule has 0 aromatic rings. The summed E-state index contributed by atoms with van der Waals surface area (Å²) in [5, 5.41) is 0. The number of hydrogen-bond acceptors (Lipinski definition) is 2. The number of imide groups is 1. The van der Waals surface area contributed by atoms with Crippen LogP contribution in [0.25, 0.3) is 0 Å². The molecular formula is C11H18I2N2O2. The first-order chi connectivity index (χ1) is 8.09. The van der Waals surface area contributed by atoms with Crippen molar-refractivity contribution in [3.05, 3.63) is 0 Å². The lowest BCUT2D eigenvalue weighted by molar-refractivity contribution is -0.123.